The third-order valence-electron chi connectivity index (χ3n) is 4.47. The molecule has 0 aliphatic carbocycles. The third kappa shape index (κ3) is 3.77. The second-order valence-electron chi connectivity index (χ2n) is 5.97. The predicted octanol–water partition coefficient (Wildman–Crippen LogP) is 3.45. The molecule has 1 atom stereocenters. The standard InChI is InChI=1S/C18H22ClN3O.ClH/c1-3-13-4-6-14(7-5-13)17-11-20-8-9-22(17)18(23)16-10-15(19)12-21(16)2;/h4-7,10,12,17,20H,3,8-9,11H2,1-2H3;1H. The molecule has 1 unspecified atom stereocenters. The second kappa shape index (κ2) is 8.06. The Hall–Kier alpha value is -1.49. The van der Waals surface area contributed by atoms with E-state index in [2.05, 4.69) is 36.5 Å². The smallest absolute Gasteiger partial charge is 0.271 e. The van der Waals surface area contributed by atoms with Gasteiger partial charge in [-0.3, -0.25) is 4.79 Å². The molecule has 4 nitrogen and oxygen atoms in total. The van der Waals surface area contributed by atoms with Gasteiger partial charge in [0, 0.05) is 32.9 Å². The maximum atomic E-state index is 13.0. The monoisotopic (exact) mass is 367 g/mol. The molecule has 130 valence electrons. The van der Waals surface area contributed by atoms with Crippen LogP contribution in [-0.4, -0.2) is 35.0 Å². The highest BCUT2D eigenvalue weighted by Gasteiger charge is 2.29. The van der Waals surface area contributed by atoms with E-state index >= 15 is 0 Å². The van der Waals surface area contributed by atoms with Crippen molar-refractivity contribution in [2.24, 2.45) is 7.05 Å². The fraction of sp³-hybridized carbons (Fsp3) is 0.389. The van der Waals surface area contributed by atoms with E-state index in [1.54, 1.807) is 16.8 Å². The van der Waals surface area contributed by atoms with E-state index in [0.717, 1.165) is 19.5 Å². The fourth-order valence-corrected chi connectivity index (χ4v) is 3.35. The van der Waals surface area contributed by atoms with Gasteiger partial charge in [0.05, 0.1) is 11.1 Å². The number of nitrogens with zero attached hydrogens (tertiary/aromatic N) is 2. The maximum absolute atomic E-state index is 13.0. The zero-order valence-corrected chi connectivity index (χ0v) is 15.5. The van der Waals surface area contributed by atoms with Crippen molar-refractivity contribution in [1.82, 2.24) is 14.8 Å². The molecule has 3 rings (SSSR count). The van der Waals surface area contributed by atoms with Crippen LogP contribution in [0.5, 0.6) is 0 Å². The summed E-state index contributed by atoms with van der Waals surface area (Å²) in [6.45, 7) is 4.43. The normalized spacial score (nSPS) is 17.5. The number of rotatable bonds is 3. The Morgan fingerprint density at radius 2 is 2.04 bits per heavy atom. The summed E-state index contributed by atoms with van der Waals surface area (Å²) in [4.78, 5) is 14.9. The van der Waals surface area contributed by atoms with E-state index in [1.165, 1.54) is 11.1 Å². The van der Waals surface area contributed by atoms with Crippen LogP contribution in [-0.2, 0) is 13.5 Å². The number of amides is 1. The van der Waals surface area contributed by atoms with Gasteiger partial charge in [0.15, 0.2) is 0 Å². The summed E-state index contributed by atoms with van der Waals surface area (Å²) in [6, 6.07) is 10.3. The van der Waals surface area contributed by atoms with E-state index in [-0.39, 0.29) is 24.4 Å². The number of benzene rings is 1. The summed E-state index contributed by atoms with van der Waals surface area (Å²) in [5, 5.41) is 3.98. The Bertz CT molecular complexity index is 697. The van der Waals surface area contributed by atoms with Crippen LogP contribution >= 0.6 is 24.0 Å². The van der Waals surface area contributed by atoms with Gasteiger partial charge in [0.2, 0.25) is 0 Å². The van der Waals surface area contributed by atoms with E-state index in [0.29, 0.717) is 17.3 Å². The molecule has 0 radical (unpaired) electrons. The highest BCUT2D eigenvalue weighted by Crippen LogP contribution is 2.25. The first-order valence-electron chi connectivity index (χ1n) is 8.02. The summed E-state index contributed by atoms with van der Waals surface area (Å²) in [5.41, 5.74) is 3.11. The zero-order valence-electron chi connectivity index (χ0n) is 14.0. The molecule has 1 N–H and O–H groups in total. The van der Waals surface area contributed by atoms with E-state index < -0.39 is 0 Å². The van der Waals surface area contributed by atoms with Crippen molar-refractivity contribution in [3.05, 3.63) is 58.4 Å². The van der Waals surface area contributed by atoms with Crippen molar-refractivity contribution in [2.45, 2.75) is 19.4 Å². The Balaban J connectivity index is 0.00000208. The lowest BCUT2D eigenvalue weighted by molar-refractivity contribution is 0.0624. The lowest BCUT2D eigenvalue weighted by Gasteiger charge is -2.36. The van der Waals surface area contributed by atoms with Crippen LogP contribution in [0, 0.1) is 0 Å². The Labute approximate surface area is 154 Å². The van der Waals surface area contributed by atoms with Crippen LogP contribution in [0.4, 0.5) is 0 Å². The minimum atomic E-state index is 0. The largest absolute Gasteiger partial charge is 0.345 e. The molecule has 0 spiro atoms. The highest BCUT2D eigenvalue weighted by molar-refractivity contribution is 6.31. The molecule has 0 bridgehead atoms. The first-order chi connectivity index (χ1) is 11.1. The van der Waals surface area contributed by atoms with Crippen LogP contribution in [0.25, 0.3) is 0 Å². The van der Waals surface area contributed by atoms with Crippen molar-refractivity contribution in [3.8, 4) is 0 Å². The number of hydrogen-bond donors (Lipinski definition) is 1. The molecule has 2 aromatic rings. The number of aromatic nitrogens is 1. The van der Waals surface area contributed by atoms with Gasteiger partial charge in [-0.15, -0.1) is 12.4 Å². The summed E-state index contributed by atoms with van der Waals surface area (Å²) < 4.78 is 1.80. The number of carbonyl (C=O) groups is 1. The molecule has 1 aliphatic rings. The molecule has 6 heteroatoms. The molecule has 0 saturated carbocycles. The third-order valence-corrected chi connectivity index (χ3v) is 4.67. The van der Waals surface area contributed by atoms with Crippen LogP contribution in [0.1, 0.15) is 34.6 Å². The molecule has 1 amide bonds. The topological polar surface area (TPSA) is 37.3 Å². The highest BCUT2D eigenvalue weighted by atomic mass is 35.5. The van der Waals surface area contributed by atoms with Crippen LogP contribution in [0.2, 0.25) is 5.02 Å². The number of nitrogens with one attached hydrogen (secondary N) is 1. The van der Waals surface area contributed by atoms with Gasteiger partial charge in [0.25, 0.3) is 5.91 Å². The van der Waals surface area contributed by atoms with Crippen molar-refractivity contribution < 1.29 is 4.79 Å². The first kappa shape index (κ1) is 18.8. The summed E-state index contributed by atoms with van der Waals surface area (Å²) in [7, 11) is 1.85. The lowest BCUT2D eigenvalue weighted by Crippen LogP contribution is -2.49. The molecular formula is C18H23Cl2N3O. The number of aryl methyl sites for hydroxylation is 2. The van der Waals surface area contributed by atoms with Crippen LogP contribution in [0.3, 0.4) is 0 Å². The summed E-state index contributed by atoms with van der Waals surface area (Å²) >= 11 is 6.03. The Morgan fingerprint density at radius 3 is 2.62 bits per heavy atom. The fourth-order valence-electron chi connectivity index (χ4n) is 3.10. The van der Waals surface area contributed by atoms with Crippen molar-refractivity contribution in [2.75, 3.05) is 19.6 Å². The van der Waals surface area contributed by atoms with E-state index in [1.807, 2.05) is 11.9 Å². The molecular weight excluding hydrogens is 345 g/mol. The quantitative estimate of drug-likeness (QED) is 0.901. The van der Waals surface area contributed by atoms with Crippen LogP contribution < -0.4 is 5.32 Å². The second-order valence-corrected chi connectivity index (χ2v) is 6.40. The van der Waals surface area contributed by atoms with Crippen molar-refractivity contribution in [3.63, 3.8) is 0 Å². The molecule has 1 aromatic heterocycles. The van der Waals surface area contributed by atoms with E-state index in [9.17, 15) is 4.79 Å². The first-order valence-corrected chi connectivity index (χ1v) is 8.40. The van der Waals surface area contributed by atoms with Gasteiger partial charge in [-0.25, -0.2) is 0 Å². The molecule has 1 aliphatic heterocycles. The summed E-state index contributed by atoms with van der Waals surface area (Å²) in [6.07, 6.45) is 2.79. The average Bonchev–Trinajstić information content (AvgIpc) is 2.92. The molecule has 1 fully saturated rings. The van der Waals surface area contributed by atoms with Gasteiger partial charge < -0.3 is 14.8 Å². The molecule has 24 heavy (non-hydrogen) atoms. The van der Waals surface area contributed by atoms with Gasteiger partial charge in [-0.1, -0.05) is 42.8 Å². The van der Waals surface area contributed by atoms with Gasteiger partial charge in [-0.05, 0) is 23.6 Å². The lowest BCUT2D eigenvalue weighted by atomic mass is 10.0. The number of carbonyl (C=O) groups excluding carboxylic acids is 1. The minimum absolute atomic E-state index is 0. The average molecular weight is 368 g/mol. The summed E-state index contributed by atoms with van der Waals surface area (Å²) in [5.74, 6) is 0.0328. The molecule has 2 heterocycles. The maximum Gasteiger partial charge on any atom is 0.271 e. The number of hydrogen-bond acceptors (Lipinski definition) is 2. The van der Waals surface area contributed by atoms with Crippen molar-refractivity contribution >= 4 is 29.9 Å². The zero-order chi connectivity index (χ0) is 16.4. The number of halogens is 2. The number of piperazine rings is 1. The van der Waals surface area contributed by atoms with E-state index in [4.69, 9.17) is 11.6 Å². The SMILES string of the molecule is CCc1ccc(C2CNCCN2C(=O)c2cc(Cl)cn2C)cc1.Cl. The molecule has 1 aromatic carbocycles. The Kier molecular flexibility index (Phi) is 6.33. The Morgan fingerprint density at radius 1 is 1.33 bits per heavy atom. The van der Waals surface area contributed by atoms with Crippen molar-refractivity contribution in [1.29, 1.82) is 0 Å². The minimum Gasteiger partial charge on any atom is -0.345 e. The predicted molar refractivity (Wildman–Crippen MR) is 100 cm³/mol. The van der Waals surface area contributed by atoms with Gasteiger partial charge in [-0.2, -0.15) is 0 Å². The van der Waals surface area contributed by atoms with Gasteiger partial charge in [0.1, 0.15) is 5.69 Å². The van der Waals surface area contributed by atoms with Crippen LogP contribution in [0.15, 0.2) is 36.5 Å². The molecule has 1 saturated heterocycles. The van der Waals surface area contributed by atoms with Gasteiger partial charge >= 0.3 is 0 Å².